The van der Waals surface area contributed by atoms with Gasteiger partial charge in [0.1, 0.15) is 22.6 Å². The third kappa shape index (κ3) is 4.64. The lowest BCUT2D eigenvalue weighted by Crippen LogP contribution is -2.20. The van der Waals surface area contributed by atoms with E-state index in [2.05, 4.69) is 14.8 Å². The monoisotopic (exact) mass is 314 g/mol. The van der Waals surface area contributed by atoms with Gasteiger partial charge in [0, 0.05) is 18.7 Å². The van der Waals surface area contributed by atoms with Crippen molar-refractivity contribution in [1.29, 1.82) is 0 Å². The van der Waals surface area contributed by atoms with Crippen LogP contribution < -0.4 is 14.8 Å². The van der Waals surface area contributed by atoms with Crippen LogP contribution in [0.15, 0.2) is 17.0 Å². The average molecular weight is 314 g/mol. The maximum Gasteiger partial charge on any atom is 0.422 e. The lowest BCUT2D eigenvalue weighted by atomic mass is 10.2. The second-order valence-electron chi connectivity index (χ2n) is 3.69. The molecule has 20 heavy (non-hydrogen) atoms. The van der Waals surface area contributed by atoms with E-state index in [9.17, 15) is 21.8 Å². The molecule has 0 aliphatic carbocycles. The Morgan fingerprint density at radius 1 is 1.35 bits per heavy atom. The zero-order valence-corrected chi connectivity index (χ0v) is 11.6. The molecule has 114 valence electrons. The molecule has 0 radical (unpaired) electrons. The Balaban J connectivity index is 3.12. The first-order chi connectivity index (χ1) is 9.28. The molecule has 0 heterocycles. The van der Waals surface area contributed by atoms with Crippen LogP contribution in [0.3, 0.4) is 0 Å². The van der Waals surface area contributed by atoms with E-state index in [1.54, 1.807) is 6.92 Å². The largest absolute Gasteiger partial charge is 0.482 e. The summed E-state index contributed by atoms with van der Waals surface area (Å²) in [4.78, 5) is -0.272. The SMILES string of the molecule is CCNc1cc(F)c(S(=O)NC)cc1OCC(F)(F)F. The van der Waals surface area contributed by atoms with Crippen molar-refractivity contribution < 1.29 is 26.5 Å². The fraction of sp³-hybridized carbons (Fsp3) is 0.455. The van der Waals surface area contributed by atoms with Crippen molar-refractivity contribution in [2.45, 2.75) is 18.0 Å². The summed E-state index contributed by atoms with van der Waals surface area (Å²) in [5.41, 5.74) is 0.0751. The van der Waals surface area contributed by atoms with Crippen molar-refractivity contribution in [1.82, 2.24) is 4.72 Å². The first-order valence-corrected chi connectivity index (χ1v) is 6.79. The number of alkyl halides is 3. The minimum Gasteiger partial charge on any atom is -0.482 e. The molecule has 0 amide bonds. The van der Waals surface area contributed by atoms with Crippen LogP contribution in [-0.4, -0.2) is 30.6 Å². The number of anilines is 1. The summed E-state index contributed by atoms with van der Waals surface area (Å²) in [6.45, 7) is 0.560. The highest BCUT2D eigenvalue weighted by Crippen LogP contribution is 2.30. The molecule has 0 saturated carbocycles. The van der Waals surface area contributed by atoms with Crippen LogP contribution in [0, 0.1) is 5.82 Å². The van der Waals surface area contributed by atoms with Gasteiger partial charge in [0.05, 0.1) is 10.6 Å². The van der Waals surface area contributed by atoms with E-state index in [-0.39, 0.29) is 16.3 Å². The van der Waals surface area contributed by atoms with Crippen LogP contribution in [0.1, 0.15) is 6.92 Å². The predicted molar refractivity (Wildman–Crippen MR) is 67.6 cm³/mol. The average Bonchev–Trinajstić information content (AvgIpc) is 2.36. The van der Waals surface area contributed by atoms with Gasteiger partial charge in [-0.3, -0.25) is 0 Å². The number of halogens is 4. The maximum atomic E-state index is 13.7. The van der Waals surface area contributed by atoms with Crippen LogP contribution >= 0.6 is 0 Å². The van der Waals surface area contributed by atoms with Gasteiger partial charge in [-0.15, -0.1) is 0 Å². The number of hydrogen-bond donors (Lipinski definition) is 2. The van der Waals surface area contributed by atoms with Crippen molar-refractivity contribution in [3.05, 3.63) is 17.9 Å². The number of benzene rings is 1. The Kier molecular flexibility index (Phi) is 5.75. The number of hydrogen-bond acceptors (Lipinski definition) is 3. The lowest BCUT2D eigenvalue weighted by molar-refractivity contribution is -0.153. The highest BCUT2D eigenvalue weighted by molar-refractivity contribution is 7.83. The number of rotatable bonds is 6. The molecular formula is C11H14F4N2O2S. The molecule has 4 nitrogen and oxygen atoms in total. The Morgan fingerprint density at radius 3 is 2.50 bits per heavy atom. The number of ether oxygens (including phenoxy) is 1. The highest BCUT2D eigenvalue weighted by atomic mass is 32.2. The molecule has 1 unspecified atom stereocenters. The van der Waals surface area contributed by atoms with Gasteiger partial charge < -0.3 is 10.1 Å². The van der Waals surface area contributed by atoms with Crippen LogP contribution in [0.4, 0.5) is 23.2 Å². The molecule has 0 spiro atoms. The summed E-state index contributed by atoms with van der Waals surface area (Å²) >= 11 is 0. The highest BCUT2D eigenvalue weighted by Gasteiger charge is 2.29. The van der Waals surface area contributed by atoms with Crippen molar-refractivity contribution in [3.8, 4) is 5.75 Å². The second-order valence-corrected chi connectivity index (χ2v) is 5.07. The molecule has 1 aromatic carbocycles. The van der Waals surface area contributed by atoms with E-state index in [1.807, 2.05) is 0 Å². The topological polar surface area (TPSA) is 50.4 Å². The lowest BCUT2D eigenvalue weighted by Gasteiger charge is -2.15. The molecule has 0 fully saturated rings. The third-order valence-corrected chi connectivity index (χ3v) is 3.26. The first-order valence-electron chi connectivity index (χ1n) is 5.64. The molecule has 2 N–H and O–H groups in total. The van der Waals surface area contributed by atoms with E-state index < -0.39 is 29.6 Å². The normalized spacial score (nSPS) is 13.1. The molecule has 1 aromatic rings. The molecule has 1 rings (SSSR count). The van der Waals surface area contributed by atoms with Crippen molar-refractivity contribution >= 4 is 16.7 Å². The molecule has 0 bridgehead atoms. The van der Waals surface area contributed by atoms with E-state index >= 15 is 0 Å². The Hall–Kier alpha value is -1.35. The van der Waals surface area contributed by atoms with Gasteiger partial charge in [0.25, 0.3) is 0 Å². The van der Waals surface area contributed by atoms with Crippen molar-refractivity contribution in [3.63, 3.8) is 0 Å². The second kappa shape index (κ2) is 6.89. The molecule has 1 atom stereocenters. The summed E-state index contributed by atoms with van der Waals surface area (Å²) in [5.74, 6) is -1.00. The molecule has 0 aliphatic heterocycles. The smallest absolute Gasteiger partial charge is 0.422 e. The van der Waals surface area contributed by atoms with Gasteiger partial charge in [-0.2, -0.15) is 13.2 Å². The summed E-state index contributed by atoms with van der Waals surface area (Å²) < 4.78 is 68.7. The number of nitrogens with one attached hydrogen (secondary N) is 2. The first kappa shape index (κ1) is 16.7. The third-order valence-electron chi connectivity index (χ3n) is 2.18. The minimum atomic E-state index is -4.51. The van der Waals surface area contributed by atoms with Crippen LogP contribution in [-0.2, 0) is 11.0 Å². The minimum absolute atomic E-state index is 0.0751. The van der Waals surface area contributed by atoms with Gasteiger partial charge in [-0.1, -0.05) is 0 Å². The summed E-state index contributed by atoms with van der Waals surface area (Å²) in [6.07, 6.45) is -4.51. The van der Waals surface area contributed by atoms with Crippen LogP contribution in [0.5, 0.6) is 5.75 Å². The van der Waals surface area contributed by atoms with E-state index in [0.717, 1.165) is 12.1 Å². The quantitative estimate of drug-likeness (QED) is 0.793. The fourth-order valence-corrected chi connectivity index (χ4v) is 2.06. The van der Waals surface area contributed by atoms with Gasteiger partial charge >= 0.3 is 6.18 Å². The standard InChI is InChI=1S/C11H14F4N2O2S/c1-3-17-8-4-7(12)10(20(18)16-2)5-9(8)19-6-11(13,14)15/h4-5,16-17H,3,6H2,1-2H3. The summed E-state index contributed by atoms with van der Waals surface area (Å²) in [7, 11) is -0.526. The molecule has 0 aromatic heterocycles. The summed E-state index contributed by atoms with van der Waals surface area (Å²) in [6, 6.07) is 1.95. The molecule has 0 saturated heterocycles. The summed E-state index contributed by atoms with van der Waals surface area (Å²) in [5, 5.41) is 2.69. The molecule has 0 aliphatic rings. The maximum absolute atomic E-state index is 13.7. The molecule has 9 heteroatoms. The Labute approximate surface area is 116 Å². The van der Waals surface area contributed by atoms with E-state index in [0.29, 0.717) is 6.54 Å². The van der Waals surface area contributed by atoms with Crippen LogP contribution in [0.25, 0.3) is 0 Å². The van der Waals surface area contributed by atoms with Crippen molar-refractivity contribution in [2.75, 3.05) is 25.5 Å². The zero-order chi connectivity index (χ0) is 15.3. The van der Waals surface area contributed by atoms with Gasteiger partial charge in [-0.05, 0) is 14.0 Å². The van der Waals surface area contributed by atoms with E-state index in [4.69, 9.17) is 0 Å². The van der Waals surface area contributed by atoms with Gasteiger partial charge in [-0.25, -0.2) is 13.3 Å². The van der Waals surface area contributed by atoms with Crippen molar-refractivity contribution in [2.24, 2.45) is 0 Å². The Morgan fingerprint density at radius 2 is 2.00 bits per heavy atom. The zero-order valence-electron chi connectivity index (χ0n) is 10.8. The predicted octanol–water partition coefficient (Wildman–Crippen LogP) is 2.44. The molecular weight excluding hydrogens is 300 g/mol. The fourth-order valence-electron chi connectivity index (χ4n) is 1.39. The van der Waals surface area contributed by atoms with Gasteiger partial charge in [0.15, 0.2) is 6.61 Å². The van der Waals surface area contributed by atoms with E-state index in [1.165, 1.54) is 7.05 Å². The van der Waals surface area contributed by atoms with Gasteiger partial charge in [0.2, 0.25) is 0 Å². The Bertz CT molecular complexity index is 494. The van der Waals surface area contributed by atoms with Crippen LogP contribution in [0.2, 0.25) is 0 Å².